The number of rotatable bonds is 4. The molecule has 6 nitrogen and oxygen atoms in total. The lowest BCUT2D eigenvalue weighted by Gasteiger charge is -2.11. The average Bonchev–Trinajstić information content (AvgIpc) is 2.58. The third-order valence-electron chi connectivity index (χ3n) is 3.54. The van der Waals surface area contributed by atoms with Crippen molar-refractivity contribution in [3.63, 3.8) is 0 Å². The Bertz CT molecular complexity index is 1020. The molecule has 0 radical (unpaired) electrons. The Labute approximate surface area is 150 Å². The van der Waals surface area contributed by atoms with Crippen LogP contribution in [0.3, 0.4) is 0 Å². The minimum Gasteiger partial charge on any atom is -0.495 e. The summed E-state index contributed by atoms with van der Waals surface area (Å²) in [5.41, 5.74) is 0.354. The molecule has 0 aliphatic rings. The maximum Gasteiger partial charge on any atom is 0.261 e. The number of benzene rings is 2. The molecule has 128 valence electrons. The quantitative estimate of drug-likeness (QED) is 0.723. The maximum atomic E-state index is 13.3. The van der Waals surface area contributed by atoms with Crippen LogP contribution in [0.4, 0.5) is 10.1 Å². The highest BCUT2D eigenvalue weighted by Crippen LogP contribution is 2.27. The van der Waals surface area contributed by atoms with Gasteiger partial charge in [-0.3, -0.25) is 14.2 Å². The van der Waals surface area contributed by atoms with Gasteiger partial charge in [0.15, 0.2) is 0 Å². The van der Waals surface area contributed by atoms with E-state index in [9.17, 15) is 14.0 Å². The second kappa shape index (κ2) is 7.02. The number of halogens is 2. The molecule has 0 saturated heterocycles. The van der Waals surface area contributed by atoms with E-state index < -0.39 is 17.3 Å². The van der Waals surface area contributed by atoms with Crippen LogP contribution in [0.2, 0.25) is 0 Å². The number of anilines is 1. The van der Waals surface area contributed by atoms with Crippen LogP contribution in [-0.2, 0) is 11.3 Å². The Kier molecular flexibility index (Phi) is 4.80. The molecule has 0 atom stereocenters. The summed E-state index contributed by atoms with van der Waals surface area (Å²) in [6, 6.07) is 8.92. The third-order valence-corrected chi connectivity index (χ3v) is 4.03. The second-order valence-corrected chi connectivity index (χ2v) is 6.15. The van der Waals surface area contributed by atoms with Gasteiger partial charge in [-0.2, -0.15) is 0 Å². The fraction of sp³-hybridized carbons (Fsp3) is 0.118. The Morgan fingerprint density at radius 2 is 2.12 bits per heavy atom. The number of hydrogen-bond donors (Lipinski definition) is 1. The zero-order valence-corrected chi connectivity index (χ0v) is 14.7. The van der Waals surface area contributed by atoms with Crippen molar-refractivity contribution < 1.29 is 13.9 Å². The van der Waals surface area contributed by atoms with Gasteiger partial charge in [-0.15, -0.1) is 0 Å². The molecule has 3 aromatic rings. The summed E-state index contributed by atoms with van der Waals surface area (Å²) in [4.78, 5) is 28.7. The first-order chi connectivity index (χ1) is 12.0. The van der Waals surface area contributed by atoms with E-state index >= 15 is 0 Å². The van der Waals surface area contributed by atoms with E-state index in [0.29, 0.717) is 17.0 Å². The van der Waals surface area contributed by atoms with Crippen molar-refractivity contribution in [3.05, 3.63) is 63.4 Å². The van der Waals surface area contributed by atoms with Gasteiger partial charge in [-0.05, 0) is 36.4 Å². The van der Waals surface area contributed by atoms with Crippen molar-refractivity contribution in [2.45, 2.75) is 6.54 Å². The van der Waals surface area contributed by atoms with Crippen LogP contribution in [0.25, 0.3) is 10.9 Å². The van der Waals surface area contributed by atoms with Gasteiger partial charge in [0.05, 0.1) is 30.0 Å². The number of nitrogens with one attached hydrogen (secondary N) is 1. The molecule has 0 unspecified atom stereocenters. The summed E-state index contributed by atoms with van der Waals surface area (Å²) < 4.78 is 20.4. The number of methoxy groups -OCH3 is 1. The summed E-state index contributed by atoms with van der Waals surface area (Å²) in [6.45, 7) is -0.256. The summed E-state index contributed by atoms with van der Waals surface area (Å²) in [7, 11) is 1.49. The van der Waals surface area contributed by atoms with Gasteiger partial charge in [0, 0.05) is 4.47 Å². The van der Waals surface area contributed by atoms with Gasteiger partial charge < -0.3 is 10.1 Å². The van der Waals surface area contributed by atoms with Crippen LogP contribution in [0.15, 0.2) is 52.0 Å². The third kappa shape index (κ3) is 3.69. The molecule has 0 aliphatic carbocycles. The lowest BCUT2D eigenvalue weighted by Crippen LogP contribution is -2.28. The van der Waals surface area contributed by atoms with E-state index in [2.05, 4.69) is 26.2 Å². The van der Waals surface area contributed by atoms with E-state index in [1.807, 2.05) is 0 Å². The first kappa shape index (κ1) is 17.1. The van der Waals surface area contributed by atoms with Crippen molar-refractivity contribution >= 4 is 38.4 Å². The predicted octanol–water partition coefficient (Wildman–Crippen LogP) is 2.95. The van der Waals surface area contributed by atoms with Gasteiger partial charge in [-0.25, -0.2) is 9.37 Å². The summed E-state index contributed by atoms with van der Waals surface area (Å²) in [6.07, 6.45) is 1.26. The molecule has 0 aliphatic heterocycles. The van der Waals surface area contributed by atoms with Crippen molar-refractivity contribution in [3.8, 4) is 5.75 Å². The van der Waals surface area contributed by atoms with Crippen LogP contribution >= 0.6 is 15.9 Å². The molecule has 0 saturated carbocycles. The standard InChI is InChI=1S/C17H13BrFN3O3/c1-25-15-5-2-10(18)6-14(15)21-16(23)8-22-9-20-13-4-3-11(19)7-12(13)17(22)24/h2-7,9H,8H2,1H3,(H,21,23). The van der Waals surface area contributed by atoms with Gasteiger partial charge in [-0.1, -0.05) is 15.9 Å². The van der Waals surface area contributed by atoms with Crippen LogP contribution in [0.1, 0.15) is 0 Å². The molecule has 0 spiro atoms. The number of fused-ring (bicyclic) bond motifs is 1. The van der Waals surface area contributed by atoms with Gasteiger partial charge in [0.2, 0.25) is 5.91 Å². The van der Waals surface area contributed by atoms with E-state index in [0.717, 1.165) is 15.1 Å². The highest BCUT2D eigenvalue weighted by Gasteiger charge is 2.11. The number of carbonyl (C=O) groups is 1. The second-order valence-electron chi connectivity index (χ2n) is 5.23. The number of hydrogen-bond acceptors (Lipinski definition) is 4. The minimum atomic E-state index is -0.535. The maximum absolute atomic E-state index is 13.3. The molecule has 1 heterocycles. The summed E-state index contributed by atoms with van der Waals surface area (Å²) >= 11 is 3.32. The molecule has 1 N–H and O–H groups in total. The highest BCUT2D eigenvalue weighted by molar-refractivity contribution is 9.10. The Balaban J connectivity index is 1.86. The number of aromatic nitrogens is 2. The van der Waals surface area contributed by atoms with Crippen molar-refractivity contribution in [2.24, 2.45) is 0 Å². The fourth-order valence-corrected chi connectivity index (χ4v) is 2.73. The van der Waals surface area contributed by atoms with Crippen LogP contribution in [-0.4, -0.2) is 22.6 Å². The van der Waals surface area contributed by atoms with Crippen molar-refractivity contribution in [1.29, 1.82) is 0 Å². The lowest BCUT2D eigenvalue weighted by atomic mass is 10.2. The molecule has 1 amide bonds. The van der Waals surface area contributed by atoms with Crippen molar-refractivity contribution in [1.82, 2.24) is 9.55 Å². The molecular weight excluding hydrogens is 393 g/mol. The number of amides is 1. The number of carbonyl (C=O) groups excluding carboxylic acids is 1. The Morgan fingerprint density at radius 1 is 1.32 bits per heavy atom. The summed E-state index contributed by atoms with van der Waals surface area (Å²) in [5, 5.41) is 2.80. The van der Waals surface area contributed by atoms with Gasteiger partial charge in [0.1, 0.15) is 18.1 Å². The molecule has 0 fully saturated rings. The van der Waals surface area contributed by atoms with Crippen LogP contribution in [0.5, 0.6) is 5.75 Å². The number of nitrogens with zero attached hydrogens (tertiary/aromatic N) is 2. The monoisotopic (exact) mass is 405 g/mol. The Morgan fingerprint density at radius 3 is 2.88 bits per heavy atom. The number of ether oxygens (including phenoxy) is 1. The largest absolute Gasteiger partial charge is 0.495 e. The van der Waals surface area contributed by atoms with E-state index in [1.54, 1.807) is 18.2 Å². The van der Waals surface area contributed by atoms with Gasteiger partial charge in [0.25, 0.3) is 5.56 Å². The molecule has 2 aromatic carbocycles. The fourth-order valence-electron chi connectivity index (χ4n) is 2.37. The molecule has 8 heteroatoms. The average molecular weight is 406 g/mol. The van der Waals surface area contributed by atoms with Crippen molar-refractivity contribution in [2.75, 3.05) is 12.4 Å². The van der Waals surface area contributed by atoms with Gasteiger partial charge >= 0.3 is 0 Å². The first-order valence-electron chi connectivity index (χ1n) is 7.26. The smallest absolute Gasteiger partial charge is 0.261 e. The molecule has 3 rings (SSSR count). The minimum absolute atomic E-state index is 0.121. The molecular formula is C17H13BrFN3O3. The zero-order valence-electron chi connectivity index (χ0n) is 13.1. The lowest BCUT2D eigenvalue weighted by molar-refractivity contribution is -0.116. The van der Waals surface area contributed by atoms with Crippen LogP contribution < -0.4 is 15.6 Å². The molecule has 1 aromatic heterocycles. The molecule has 25 heavy (non-hydrogen) atoms. The first-order valence-corrected chi connectivity index (χ1v) is 8.05. The highest BCUT2D eigenvalue weighted by atomic mass is 79.9. The topological polar surface area (TPSA) is 73.2 Å². The van der Waals surface area contributed by atoms with E-state index in [1.165, 1.54) is 25.6 Å². The zero-order chi connectivity index (χ0) is 18.0. The summed E-state index contributed by atoms with van der Waals surface area (Å²) in [5.74, 6) is -0.480. The normalized spacial score (nSPS) is 10.7. The Hall–Kier alpha value is -2.74. The van der Waals surface area contributed by atoms with Crippen LogP contribution in [0, 0.1) is 5.82 Å². The SMILES string of the molecule is COc1ccc(Br)cc1NC(=O)Cn1cnc2ccc(F)cc2c1=O. The van der Waals surface area contributed by atoms with E-state index in [4.69, 9.17) is 4.74 Å². The molecule has 0 bridgehead atoms. The van der Waals surface area contributed by atoms with E-state index in [-0.39, 0.29) is 11.9 Å². The predicted molar refractivity (Wildman–Crippen MR) is 95.3 cm³/mol.